The van der Waals surface area contributed by atoms with E-state index < -0.39 is 17.5 Å². The molecule has 0 saturated heterocycles. The third kappa shape index (κ3) is 3.48. The van der Waals surface area contributed by atoms with Gasteiger partial charge < -0.3 is 14.6 Å². The Morgan fingerprint density at radius 1 is 1.67 bits per heavy atom. The number of aliphatic hydroxyl groups is 1. The van der Waals surface area contributed by atoms with Gasteiger partial charge in [-0.15, -0.1) is 0 Å². The highest BCUT2D eigenvalue weighted by molar-refractivity contribution is 5.66. The molecule has 12 heavy (non-hydrogen) atoms. The quantitative estimate of drug-likeness (QED) is 0.486. The van der Waals surface area contributed by atoms with Crippen molar-refractivity contribution in [3.8, 4) is 0 Å². The monoisotopic (exact) mass is 174 g/mol. The van der Waals surface area contributed by atoms with E-state index in [9.17, 15) is 9.59 Å². The lowest BCUT2D eigenvalue weighted by molar-refractivity contribution is -0.148. The van der Waals surface area contributed by atoms with Crippen LogP contribution in [0.25, 0.3) is 0 Å². The fourth-order valence-corrected chi connectivity index (χ4v) is 0.557. The molecule has 0 bridgehead atoms. The Kier molecular flexibility index (Phi) is 3.89. The highest BCUT2D eigenvalue weighted by Gasteiger charge is 2.28. The van der Waals surface area contributed by atoms with E-state index in [1.807, 2.05) is 0 Å². The van der Waals surface area contributed by atoms with Crippen LogP contribution in [0.4, 0.5) is 0 Å². The van der Waals surface area contributed by atoms with E-state index in [1.165, 1.54) is 6.92 Å². The summed E-state index contributed by atoms with van der Waals surface area (Å²) in [5.41, 5.74) is -0.715. The van der Waals surface area contributed by atoms with Gasteiger partial charge in [0.15, 0.2) is 0 Å². The Bertz CT molecular complexity index is 174. The van der Waals surface area contributed by atoms with E-state index in [2.05, 4.69) is 4.74 Å². The van der Waals surface area contributed by atoms with Gasteiger partial charge in [-0.25, -0.2) is 0 Å². The Morgan fingerprint density at radius 3 is 2.50 bits per heavy atom. The molecule has 0 saturated carbocycles. The number of rotatable bonds is 4. The summed E-state index contributed by atoms with van der Waals surface area (Å²) in [7, 11) is 0. The summed E-state index contributed by atoms with van der Waals surface area (Å²) in [5.74, 6) is -0.416. The standard InChI is InChI=1S/C8H14O4/c1-6(10)12-5-8(2,3)7(11)4-9/h4,7,11H,5H2,1-3H3. The van der Waals surface area contributed by atoms with Crippen LogP contribution in [0.2, 0.25) is 0 Å². The summed E-state index contributed by atoms with van der Waals surface area (Å²) in [5, 5.41) is 9.14. The number of hydrogen-bond donors (Lipinski definition) is 1. The van der Waals surface area contributed by atoms with Crippen molar-refractivity contribution in [3.63, 3.8) is 0 Å². The number of carbonyl (C=O) groups is 2. The van der Waals surface area contributed by atoms with Gasteiger partial charge in [0.05, 0.1) is 6.61 Å². The maximum atomic E-state index is 10.4. The van der Waals surface area contributed by atoms with Crippen LogP contribution in [0.1, 0.15) is 20.8 Å². The van der Waals surface area contributed by atoms with Crippen molar-refractivity contribution >= 4 is 12.3 Å². The number of ether oxygens (including phenoxy) is 1. The number of aliphatic hydroxyl groups excluding tert-OH is 1. The number of hydrogen-bond acceptors (Lipinski definition) is 4. The van der Waals surface area contributed by atoms with Crippen molar-refractivity contribution in [1.82, 2.24) is 0 Å². The molecule has 0 rings (SSSR count). The van der Waals surface area contributed by atoms with Gasteiger partial charge in [0.25, 0.3) is 0 Å². The molecule has 0 fully saturated rings. The van der Waals surface area contributed by atoms with Crippen molar-refractivity contribution in [3.05, 3.63) is 0 Å². The minimum Gasteiger partial charge on any atom is -0.465 e. The predicted octanol–water partition coefficient (Wildman–Crippen LogP) is 0.136. The van der Waals surface area contributed by atoms with Crippen LogP contribution < -0.4 is 0 Å². The molecule has 70 valence electrons. The summed E-state index contributed by atoms with van der Waals surface area (Å²) in [6, 6.07) is 0. The van der Waals surface area contributed by atoms with Crippen molar-refractivity contribution < 1.29 is 19.4 Å². The fourth-order valence-electron chi connectivity index (χ4n) is 0.557. The lowest BCUT2D eigenvalue weighted by atomic mass is 9.88. The number of carbonyl (C=O) groups excluding carboxylic acids is 2. The molecular weight excluding hydrogens is 160 g/mol. The highest BCUT2D eigenvalue weighted by atomic mass is 16.5. The number of esters is 1. The van der Waals surface area contributed by atoms with Gasteiger partial charge in [0.2, 0.25) is 0 Å². The first-order valence-electron chi connectivity index (χ1n) is 3.67. The lowest BCUT2D eigenvalue weighted by Crippen LogP contribution is -2.35. The van der Waals surface area contributed by atoms with Gasteiger partial charge in [-0.2, -0.15) is 0 Å². The van der Waals surface area contributed by atoms with Crippen LogP contribution in [-0.4, -0.2) is 30.1 Å². The van der Waals surface area contributed by atoms with Crippen molar-refractivity contribution in [2.24, 2.45) is 5.41 Å². The van der Waals surface area contributed by atoms with Crippen molar-refractivity contribution in [1.29, 1.82) is 0 Å². The van der Waals surface area contributed by atoms with Crippen molar-refractivity contribution in [2.45, 2.75) is 26.9 Å². The van der Waals surface area contributed by atoms with Crippen LogP contribution in [0.3, 0.4) is 0 Å². The smallest absolute Gasteiger partial charge is 0.302 e. The van der Waals surface area contributed by atoms with Gasteiger partial charge in [-0.05, 0) is 0 Å². The molecular formula is C8H14O4. The van der Waals surface area contributed by atoms with Crippen molar-refractivity contribution in [2.75, 3.05) is 6.61 Å². The predicted molar refractivity (Wildman–Crippen MR) is 42.5 cm³/mol. The molecule has 0 aliphatic heterocycles. The second-order valence-corrected chi connectivity index (χ2v) is 3.35. The van der Waals surface area contributed by atoms with Gasteiger partial charge in [-0.1, -0.05) is 13.8 Å². The fraction of sp³-hybridized carbons (Fsp3) is 0.750. The average molecular weight is 174 g/mol. The zero-order valence-electron chi connectivity index (χ0n) is 7.53. The molecule has 0 aliphatic carbocycles. The van der Waals surface area contributed by atoms with Crippen LogP contribution in [0, 0.1) is 5.41 Å². The van der Waals surface area contributed by atoms with E-state index in [4.69, 9.17) is 5.11 Å². The molecule has 0 aromatic heterocycles. The van der Waals surface area contributed by atoms with Gasteiger partial charge in [0, 0.05) is 12.3 Å². The van der Waals surface area contributed by atoms with Gasteiger partial charge >= 0.3 is 5.97 Å². The van der Waals surface area contributed by atoms with E-state index in [0.29, 0.717) is 6.29 Å². The minimum atomic E-state index is -1.10. The maximum absolute atomic E-state index is 10.4. The third-order valence-electron chi connectivity index (χ3n) is 1.58. The van der Waals surface area contributed by atoms with Crippen LogP contribution in [-0.2, 0) is 14.3 Å². The first-order chi connectivity index (χ1) is 5.40. The molecule has 4 nitrogen and oxygen atoms in total. The zero-order valence-corrected chi connectivity index (χ0v) is 7.53. The maximum Gasteiger partial charge on any atom is 0.302 e. The molecule has 0 aromatic rings. The molecule has 1 N–H and O–H groups in total. The average Bonchev–Trinajstić information content (AvgIpc) is 1.99. The summed E-state index contributed by atoms with van der Waals surface area (Å²) in [4.78, 5) is 20.6. The molecule has 0 aromatic carbocycles. The second-order valence-electron chi connectivity index (χ2n) is 3.35. The van der Waals surface area contributed by atoms with E-state index >= 15 is 0 Å². The number of aldehydes is 1. The van der Waals surface area contributed by atoms with Crippen LogP contribution in [0.5, 0.6) is 0 Å². The first kappa shape index (κ1) is 11.1. The van der Waals surface area contributed by atoms with E-state index in [1.54, 1.807) is 13.8 Å². The largest absolute Gasteiger partial charge is 0.465 e. The Labute approximate surface area is 71.5 Å². The Hall–Kier alpha value is -0.900. The lowest BCUT2D eigenvalue weighted by Gasteiger charge is -2.25. The summed E-state index contributed by atoms with van der Waals surface area (Å²) in [6.45, 7) is 4.62. The molecule has 0 amide bonds. The van der Waals surface area contributed by atoms with Crippen LogP contribution >= 0.6 is 0 Å². The van der Waals surface area contributed by atoms with Gasteiger partial charge in [0.1, 0.15) is 12.4 Å². The summed E-state index contributed by atoms with van der Waals surface area (Å²) in [6.07, 6.45) is -0.666. The third-order valence-corrected chi connectivity index (χ3v) is 1.58. The normalized spacial score (nSPS) is 13.7. The summed E-state index contributed by atoms with van der Waals surface area (Å²) < 4.78 is 4.67. The van der Waals surface area contributed by atoms with E-state index in [0.717, 1.165) is 0 Å². The molecule has 0 radical (unpaired) electrons. The first-order valence-corrected chi connectivity index (χ1v) is 3.67. The SMILES string of the molecule is CC(=O)OCC(C)(C)C(O)C=O. The summed E-state index contributed by atoms with van der Waals surface area (Å²) >= 11 is 0. The van der Waals surface area contributed by atoms with Gasteiger partial charge in [-0.3, -0.25) is 4.79 Å². The zero-order chi connectivity index (χ0) is 9.78. The van der Waals surface area contributed by atoms with Crippen LogP contribution in [0.15, 0.2) is 0 Å². The minimum absolute atomic E-state index is 0.0439. The topological polar surface area (TPSA) is 63.6 Å². The molecule has 0 heterocycles. The molecule has 1 atom stereocenters. The molecule has 0 aliphatic rings. The van der Waals surface area contributed by atoms with E-state index in [-0.39, 0.29) is 6.61 Å². The Morgan fingerprint density at radius 2 is 2.17 bits per heavy atom. The molecule has 4 heteroatoms. The molecule has 1 unspecified atom stereocenters. The second kappa shape index (κ2) is 4.21. The molecule has 0 spiro atoms. The highest BCUT2D eigenvalue weighted by Crippen LogP contribution is 2.19. The Balaban J connectivity index is 4.02.